The average molecular weight is 403 g/mol. The lowest BCUT2D eigenvalue weighted by Crippen LogP contribution is -2.40. The Morgan fingerprint density at radius 1 is 1.27 bits per heavy atom. The van der Waals surface area contributed by atoms with Gasteiger partial charge in [-0.05, 0) is 12.1 Å². The number of hydrogen-bond donors (Lipinski definition) is 2. The van der Waals surface area contributed by atoms with Crippen molar-refractivity contribution in [2.45, 2.75) is 29.7 Å². The summed E-state index contributed by atoms with van der Waals surface area (Å²) in [6.45, 7) is 3.30. The molecule has 1 unspecified atom stereocenters. The van der Waals surface area contributed by atoms with Gasteiger partial charge >= 0.3 is 6.18 Å². The normalized spacial score (nSPS) is 13.5. The van der Waals surface area contributed by atoms with Crippen molar-refractivity contribution in [2.24, 2.45) is 4.99 Å². The summed E-state index contributed by atoms with van der Waals surface area (Å²) < 4.78 is 37.6. The highest BCUT2D eigenvalue weighted by molar-refractivity contribution is 8.00. The van der Waals surface area contributed by atoms with E-state index in [-0.39, 0.29) is 0 Å². The highest BCUT2D eigenvalue weighted by atomic mass is 32.2. The number of halogens is 3. The molecule has 0 aliphatic rings. The van der Waals surface area contributed by atoms with Gasteiger partial charge in [0, 0.05) is 42.1 Å². The number of aliphatic imine (C=N–C) groups is 1. The molecule has 26 heavy (non-hydrogen) atoms. The molecule has 1 aromatic heterocycles. The molecule has 9 heteroatoms. The van der Waals surface area contributed by atoms with Crippen molar-refractivity contribution in [3.8, 4) is 0 Å². The highest BCUT2D eigenvalue weighted by Gasteiger charge is 2.33. The Morgan fingerprint density at radius 3 is 2.62 bits per heavy atom. The molecule has 2 aromatic rings. The molecule has 0 bridgehead atoms. The fraction of sp³-hybridized carbons (Fsp3) is 0.412. The number of aromatic nitrogens is 1. The minimum Gasteiger partial charge on any atom is -0.356 e. The second-order valence-corrected chi connectivity index (χ2v) is 7.95. The molecule has 4 nitrogen and oxygen atoms in total. The second-order valence-electron chi connectivity index (χ2n) is 5.50. The van der Waals surface area contributed by atoms with Gasteiger partial charge in [0.25, 0.3) is 0 Å². The zero-order valence-corrected chi connectivity index (χ0v) is 16.1. The maximum absolute atomic E-state index is 12.5. The third-order valence-electron chi connectivity index (χ3n) is 3.33. The van der Waals surface area contributed by atoms with Crippen molar-refractivity contribution < 1.29 is 13.2 Å². The van der Waals surface area contributed by atoms with Crippen molar-refractivity contribution in [3.63, 3.8) is 0 Å². The van der Waals surface area contributed by atoms with E-state index < -0.39 is 11.9 Å². The molecule has 0 saturated heterocycles. The number of guanidine groups is 1. The highest BCUT2D eigenvalue weighted by Crippen LogP contribution is 2.30. The van der Waals surface area contributed by atoms with Crippen LogP contribution >= 0.6 is 23.1 Å². The number of rotatable bonds is 7. The van der Waals surface area contributed by atoms with Crippen LogP contribution in [0, 0.1) is 0 Å². The number of hydrogen-bond acceptors (Lipinski definition) is 4. The number of thioether (sulfide) groups is 1. The number of alkyl halides is 3. The van der Waals surface area contributed by atoms with Gasteiger partial charge in [-0.15, -0.1) is 23.1 Å². The van der Waals surface area contributed by atoms with Crippen molar-refractivity contribution in [1.29, 1.82) is 0 Å². The summed E-state index contributed by atoms with van der Waals surface area (Å²) >= 11 is 2.78. The standard InChI is InChI=1S/C17H21F3N4S2/c1-12(26-13-6-4-3-5-7-13)10-23-16(21-2)22-9-8-15-24-14(11-25-15)17(18,19)20/h3-7,11-12H,8-10H2,1-2H3,(H2,21,22,23). The topological polar surface area (TPSA) is 49.3 Å². The third kappa shape index (κ3) is 6.87. The lowest BCUT2D eigenvalue weighted by atomic mass is 10.4. The van der Waals surface area contributed by atoms with E-state index in [4.69, 9.17) is 0 Å². The van der Waals surface area contributed by atoms with Gasteiger partial charge < -0.3 is 10.6 Å². The van der Waals surface area contributed by atoms with Gasteiger partial charge in [-0.3, -0.25) is 4.99 Å². The Morgan fingerprint density at radius 2 is 2.00 bits per heavy atom. The van der Waals surface area contributed by atoms with Crippen LogP contribution < -0.4 is 10.6 Å². The Balaban J connectivity index is 1.71. The molecule has 1 heterocycles. The molecule has 1 aromatic carbocycles. The molecular weight excluding hydrogens is 381 g/mol. The summed E-state index contributed by atoms with van der Waals surface area (Å²) in [5.74, 6) is 0.623. The summed E-state index contributed by atoms with van der Waals surface area (Å²) in [7, 11) is 1.66. The van der Waals surface area contributed by atoms with E-state index in [9.17, 15) is 13.2 Å². The van der Waals surface area contributed by atoms with Crippen LogP contribution in [0.15, 0.2) is 45.6 Å². The molecule has 0 fully saturated rings. The predicted octanol–water partition coefficient (Wildman–Crippen LogP) is 4.05. The Bertz CT molecular complexity index is 702. The molecule has 142 valence electrons. The van der Waals surface area contributed by atoms with Gasteiger partial charge in [0.15, 0.2) is 11.7 Å². The lowest BCUT2D eigenvalue weighted by molar-refractivity contribution is -0.140. The monoisotopic (exact) mass is 402 g/mol. The first-order valence-electron chi connectivity index (χ1n) is 8.06. The van der Waals surface area contributed by atoms with Crippen LogP contribution in [0.25, 0.3) is 0 Å². The number of benzene rings is 1. The van der Waals surface area contributed by atoms with Crippen LogP contribution in [0.5, 0.6) is 0 Å². The molecule has 0 aliphatic heterocycles. The van der Waals surface area contributed by atoms with Gasteiger partial charge in [-0.1, -0.05) is 25.1 Å². The van der Waals surface area contributed by atoms with Crippen molar-refractivity contribution >= 4 is 29.1 Å². The van der Waals surface area contributed by atoms with E-state index in [2.05, 4.69) is 39.7 Å². The van der Waals surface area contributed by atoms with Crippen LogP contribution in [0.4, 0.5) is 13.2 Å². The molecule has 0 radical (unpaired) electrons. The molecule has 1 atom stereocenters. The minimum absolute atomic E-state index is 0.337. The minimum atomic E-state index is -4.38. The van der Waals surface area contributed by atoms with E-state index >= 15 is 0 Å². The van der Waals surface area contributed by atoms with Crippen LogP contribution in [0.2, 0.25) is 0 Å². The van der Waals surface area contributed by atoms with E-state index in [0.29, 0.717) is 35.7 Å². The fourth-order valence-electron chi connectivity index (χ4n) is 2.08. The maximum atomic E-state index is 12.5. The summed E-state index contributed by atoms with van der Waals surface area (Å²) in [5, 5.41) is 8.16. The quantitative estimate of drug-likeness (QED) is 0.417. The SMILES string of the molecule is CN=C(NCCc1nc(C(F)(F)F)cs1)NCC(C)Sc1ccccc1. The molecule has 0 saturated carbocycles. The number of nitrogens with one attached hydrogen (secondary N) is 2. The fourth-order valence-corrected chi connectivity index (χ4v) is 3.83. The summed E-state index contributed by atoms with van der Waals surface area (Å²) in [6.07, 6.45) is -3.97. The van der Waals surface area contributed by atoms with Crippen LogP contribution in [0.3, 0.4) is 0 Å². The molecule has 0 aliphatic carbocycles. The first kappa shape index (κ1) is 20.6. The van der Waals surface area contributed by atoms with Crippen molar-refractivity contribution in [3.05, 3.63) is 46.4 Å². The lowest BCUT2D eigenvalue weighted by Gasteiger charge is -2.15. The van der Waals surface area contributed by atoms with Gasteiger partial charge in [-0.25, -0.2) is 4.98 Å². The number of thiazole rings is 1. The van der Waals surface area contributed by atoms with Crippen LogP contribution in [0.1, 0.15) is 17.6 Å². The Kier molecular flexibility index (Phi) is 7.77. The molecule has 2 N–H and O–H groups in total. The van der Waals surface area contributed by atoms with Crippen molar-refractivity contribution in [1.82, 2.24) is 15.6 Å². The third-order valence-corrected chi connectivity index (χ3v) is 5.36. The van der Waals surface area contributed by atoms with E-state index in [0.717, 1.165) is 16.7 Å². The van der Waals surface area contributed by atoms with Gasteiger partial charge in [0.05, 0.1) is 5.01 Å². The first-order valence-corrected chi connectivity index (χ1v) is 9.82. The summed E-state index contributed by atoms with van der Waals surface area (Å²) in [4.78, 5) is 8.95. The van der Waals surface area contributed by atoms with Crippen LogP contribution in [-0.4, -0.2) is 36.3 Å². The summed E-state index contributed by atoms with van der Waals surface area (Å²) in [5.41, 5.74) is -0.827. The molecule has 2 rings (SSSR count). The summed E-state index contributed by atoms with van der Waals surface area (Å²) in [6, 6.07) is 10.1. The zero-order valence-electron chi connectivity index (χ0n) is 14.5. The first-order chi connectivity index (χ1) is 12.4. The van der Waals surface area contributed by atoms with E-state index in [1.165, 1.54) is 4.90 Å². The van der Waals surface area contributed by atoms with Gasteiger partial charge in [0.2, 0.25) is 0 Å². The molecule has 0 spiro atoms. The van der Waals surface area contributed by atoms with E-state index in [1.807, 2.05) is 18.2 Å². The van der Waals surface area contributed by atoms with Crippen molar-refractivity contribution in [2.75, 3.05) is 20.1 Å². The Hall–Kier alpha value is -1.74. The Labute approximate surface area is 159 Å². The van der Waals surface area contributed by atoms with E-state index in [1.54, 1.807) is 18.8 Å². The number of nitrogens with zero attached hydrogens (tertiary/aromatic N) is 2. The average Bonchev–Trinajstić information content (AvgIpc) is 3.08. The smallest absolute Gasteiger partial charge is 0.356 e. The maximum Gasteiger partial charge on any atom is 0.434 e. The largest absolute Gasteiger partial charge is 0.434 e. The second kappa shape index (κ2) is 9.82. The predicted molar refractivity (Wildman–Crippen MR) is 102 cm³/mol. The van der Waals surface area contributed by atoms with Gasteiger partial charge in [0.1, 0.15) is 0 Å². The van der Waals surface area contributed by atoms with Crippen LogP contribution in [-0.2, 0) is 12.6 Å². The van der Waals surface area contributed by atoms with Gasteiger partial charge in [-0.2, -0.15) is 13.2 Å². The molecular formula is C17H21F3N4S2. The molecule has 0 amide bonds. The zero-order chi connectivity index (χ0) is 19.0.